The van der Waals surface area contributed by atoms with Crippen LogP contribution in [0.3, 0.4) is 0 Å². The third-order valence-electron chi connectivity index (χ3n) is 2.83. The summed E-state index contributed by atoms with van der Waals surface area (Å²) in [7, 11) is 0. The Hall–Kier alpha value is 0.310. The van der Waals surface area contributed by atoms with Gasteiger partial charge in [0.05, 0.1) is 0 Å². The minimum absolute atomic E-state index is 0.857. The van der Waals surface area contributed by atoms with E-state index in [9.17, 15) is 0 Å². The molecule has 1 N–H and O–H groups in total. The molecule has 0 saturated heterocycles. The lowest BCUT2D eigenvalue weighted by Crippen LogP contribution is -2.40. The van der Waals surface area contributed by atoms with Crippen LogP contribution >= 0.6 is 11.8 Å². The second-order valence-electron chi connectivity index (χ2n) is 4.28. The van der Waals surface area contributed by atoms with Crippen LogP contribution in [0.1, 0.15) is 39.0 Å². The summed E-state index contributed by atoms with van der Waals surface area (Å²) in [5, 5.41) is 3.62. The minimum Gasteiger partial charge on any atom is -0.314 e. The maximum absolute atomic E-state index is 3.62. The lowest BCUT2D eigenvalue weighted by Gasteiger charge is -2.33. The topological polar surface area (TPSA) is 12.0 Å². The molecular weight excluding hydrogens is 178 g/mol. The summed E-state index contributed by atoms with van der Waals surface area (Å²) < 4.78 is 0. The number of hydrogen-bond acceptors (Lipinski definition) is 2. The standard InChI is InChI=1S/C11H23NS/c1-10-8-11(9-10)12-6-4-3-5-7-13-2/h10-12H,3-9H2,1-2H3. The first-order valence-corrected chi connectivity index (χ1v) is 6.94. The number of rotatable bonds is 7. The molecule has 0 aromatic carbocycles. The van der Waals surface area contributed by atoms with Crippen molar-refractivity contribution in [2.75, 3.05) is 18.6 Å². The second kappa shape index (κ2) is 6.72. The lowest BCUT2D eigenvalue weighted by molar-refractivity contribution is 0.241. The molecule has 0 heterocycles. The molecule has 0 bridgehead atoms. The molecule has 0 spiro atoms. The van der Waals surface area contributed by atoms with Crippen molar-refractivity contribution in [1.29, 1.82) is 0 Å². The summed E-state index contributed by atoms with van der Waals surface area (Å²) in [6, 6.07) is 0.857. The molecule has 1 nitrogen and oxygen atoms in total. The zero-order valence-corrected chi connectivity index (χ0v) is 9.83. The van der Waals surface area contributed by atoms with Crippen LogP contribution in [0, 0.1) is 5.92 Å². The largest absolute Gasteiger partial charge is 0.314 e. The van der Waals surface area contributed by atoms with Gasteiger partial charge < -0.3 is 5.32 Å². The quantitative estimate of drug-likeness (QED) is 0.636. The zero-order valence-electron chi connectivity index (χ0n) is 9.01. The average molecular weight is 201 g/mol. The fourth-order valence-corrected chi connectivity index (χ4v) is 2.42. The van der Waals surface area contributed by atoms with Crippen molar-refractivity contribution in [3.63, 3.8) is 0 Å². The maximum Gasteiger partial charge on any atom is 0.00721 e. The number of hydrogen-bond donors (Lipinski definition) is 1. The van der Waals surface area contributed by atoms with Gasteiger partial charge in [-0.15, -0.1) is 0 Å². The van der Waals surface area contributed by atoms with Crippen molar-refractivity contribution >= 4 is 11.8 Å². The van der Waals surface area contributed by atoms with Gasteiger partial charge in [-0.25, -0.2) is 0 Å². The summed E-state index contributed by atoms with van der Waals surface area (Å²) in [4.78, 5) is 0. The zero-order chi connectivity index (χ0) is 9.52. The molecule has 1 rings (SSSR count). The monoisotopic (exact) mass is 201 g/mol. The molecule has 0 radical (unpaired) electrons. The highest BCUT2D eigenvalue weighted by atomic mass is 32.2. The molecule has 0 aromatic heterocycles. The van der Waals surface area contributed by atoms with E-state index in [0.717, 1.165) is 12.0 Å². The molecule has 13 heavy (non-hydrogen) atoms. The molecule has 0 atom stereocenters. The Morgan fingerprint density at radius 3 is 2.62 bits per heavy atom. The Balaban J connectivity index is 1.74. The van der Waals surface area contributed by atoms with Crippen LogP contribution in [0.15, 0.2) is 0 Å². The van der Waals surface area contributed by atoms with Crippen molar-refractivity contribution in [2.24, 2.45) is 5.92 Å². The summed E-state index contributed by atoms with van der Waals surface area (Å²) in [5.74, 6) is 2.31. The summed E-state index contributed by atoms with van der Waals surface area (Å²) in [6.45, 7) is 3.59. The van der Waals surface area contributed by atoms with Gasteiger partial charge in [-0.05, 0) is 50.2 Å². The number of nitrogens with one attached hydrogen (secondary N) is 1. The van der Waals surface area contributed by atoms with E-state index < -0.39 is 0 Å². The molecule has 1 saturated carbocycles. The van der Waals surface area contributed by atoms with Crippen LogP contribution in [0.4, 0.5) is 0 Å². The summed E-state index contributed by atoms with van der Waals surface area (Å²) in [6.07, 6.45) is 9.16. The Bertz CT molecular complexity index is 121. The Labute approximate surface area is 87.1 Å². The van der Waals surface area contributed by atoms with Crippen molar-refractivity contribution in [3.05, 3.63) is 0 Å². The molecule has 1 aliphatic carbocycles. The van der Waals surface area contributed by atoms with E-state index in [1.807, 2.05) is 11.8 Å². The highest BCUT2D eigenvalue weighted by molar-refractivity contribution is 7.98. The molecule has 0 aliphatic heterocycles. The van der Waals surface area contributed by atoms with Crippen molar-refractivity contribution in [1.82, 2.24) is 5.32 Å². The van der Waals surface area contributed by atoms with Gasteiger partial charge in [0, 0.05) is 6.04 Å². The van der Waals surface area contributed by atoms with Gasteiger partial charge in [0.15, 0.2) is 0 Å². The fraction of sp³-hybridized carbons (Fsp3) is 1.00. The van der Waals surface area contributed by atoms with Crippen LogP contribution in [-0.4, -0.2) is 24.6 Å². The van der Waals surface area contributed by atoms with Crippen LogP contribution in [-0.2, 0) is 0 Å². The van der Waals surface area contributed by atoms with Gasteiger partial charge >= 0.3 is 0 Å². The first-order chi connectivity index (χ1) is 6.33. The van der Waals surface area contributed by atoms with Crippen LogP contribution in [0.5, 0.6) is 0 Å². The van der Waals surface area contributed by atoms with E-state index in [4.69, 9.17) is 0 Å². The predicted octanol–water partition coefficient (Wildman–Crippen LogP) is 2.91. The van der Waals surface area contributed by atoms with Gasteiger partial charge in [0.1, 0.15) is 0 Å². The maximum atomic E-state index is 3.62. The highest BCUT2D eigenvalue weighted by Gasteiger charge is 2.23. The average Bonchev–Trinajstić information content (AvgIpc) is 2.07. The van der Waals surface area contributed by atoms with E-state index >= 15 is 0 Å². The smallest absolute Gasteiger partial charge is 0.00721 e. The normalized spacial score (nSPS) is 27.2. The summed E-state index contributed by atoms with van der Waals surface area (Å²) in [5.41, 5.74) is 0. The van der Waals surface area contributed by atoms with E-state index in [1.54, 1.807) is 0 Å². The molecule has 78 valence electrons. The second-order valence-corrected chi connectivity index (χ2v) is 5.27. The van der Waals surface area contributed by atoms with E-state index in [0.29, 0.717) is 0 Å². The molecular formula is C11H23NS. The Kier molecular flexibility index (Phi) is 5.88. The third-order valence-corrected chi connectivity index (χ3v) is 3.53. The van der Waals surface area contributed by atoms with Gasteiger partial charge in [0.2, 0.25) is 0 Å². The van der Waals surface area contributed by atoms with Gasteiger partial charge in [-0.2, -0.15) is 11.8 Å². The van der Waals surface area contributed by atoms with Gasteiger partial charge in [-0.1, -0.05) is 13.3 Å². The third kappa shape index (κ3) is 4.92. The molecule has 0 aromatic rings. The first-order valence-electron chi connectivity index (χ1n) is 5.55. The van der Waals surface area contributed by atoms with Gasteiger partial charge in [-0.3, -0.25) is 0 Å². The molecule has 1 aliphatic rings. The minimum atomic E-state index is 0.857. The number of unbranched alkanes of at least 4 members (excludes halogenated alkanes) is 2. The molecule has 2 heteroatoms. The molecule has 0 amide bonds. The van der Waals surface area contributed by atoms with Crippen molar-refractivity contribution in [2.45, 2.75) is 45.1 Å². The SMILES string of the molecule is CSCCCCCNC1CC(C)C1. The number of thioether (sulfide) groups is 1. The summed E-state index contributed by atoms with van der Waals surface area (Å²) >= 11 is 1.96. The fourth-order valence-electron chi connectivity index (χ4n) is 1.92. The predicted molar refractivity (Wildman–Crippen MR) is 62.4 cm³/mol. The van der Waals surface area contributed by atoms with Crippen LogP contribution in [0.2, 0.25) is 0 Å². The Morgan fingerprint density at radius 2 is 2.00 bits per heavy atom. The first kappa shape index (κ1) is 11.4. The lowest BCUT2D eigenvalue weighted by atomic mass is 9.82. The molecule has 0 unspecified atom stereocenters. The van der Waals surface area contributed by atoms with Crippen LogP contribution in [0.25, 0.3) is 0 Å². The van der Waals surface area contributed by atoms with Gasteiger partial charge in [0.25, 0.3) is 0 Å². The van der Waals surface area contributed by atoms with Crippen molar-refractivity contribution < 1.29 is 0 Å². The Morgan fingerprint density at radius 1 is 1.23 bits per heavy atom. The molecule has 1 fully saturated rings. The van der Waals surface area contributed by atoms with Crippen LogP contribution < -0.4 is 5.32 Å². The van der Waals surface area contributed by atoms with E-state index in [-0.39, 0.29) is 0 Å². The highest BCUT2D eigenvalue weighted by Crippen LogP contribution is 2.26. The van der Waals surface area contributed by atoms with Crippen molar-refractivity contribution in [3.8, 4) is 0 Å². The van der Waals surface area contributed by atoms with E-state index in [2.05, 4.69) is 18.5 Å². The van der Waals surface area contributed by atoms with E-state index in [1.165, 1.54) is 44.4 Å².